The second-order valence-corrected chi connectivity index (χ2v) is 6.75. The van der Waals surface area contributed by atoms with Gasteiger partial charge in [0, 0.05) is 21.9 Å². The molecule has 5 heteroatoms. The number of ether oxygens (including phenoxy) is 1. The SMILES string of the molecule is CCOc1ccc(N=C2C(=O)N=c3cccc4c3=C2c2ccccc2C4=O)cc1. The van der Waals surface area contributed by atoms with Crippen molar-refractivity contribution < 1.29 is 14.3 Å². The van der Waals surface area contributed by atoms with Crippen LogP contribution in [0.4, 0.5) is 5.69 Å². The zero-order valence-electron chi connectivity index (χ0n) is 15.7. The summed E-state index contributed by atoms with van der Waals surface area (Å²) in [5, 5.41) is 1.19. The molecule has 0 fully saturated rings. The number of aliphatic imine (C=N–C) groups is 1. The molecule has 0 bridgehead atoms. The fourth-order valence-electron chi connectivity index (χ4n) is 3.80. The first-order valence-electron chi connectivity index (χ1n) is 9.40. The summed E-state index contributed by atoms with van der Waals surface area (Å²) >= 11 is 0. The molecule has 5 nitrogen and oxygen atoms in total. The van der Waals surface area contributed by atoms with E-state index in [0.717, 1.165) is 5.75 Å². The van der Waals surface area contributed by atoms with Gasteiger partial charge in [0.15, 0.2) is 5.78 Å². The lowest BCUT2D eigenvalue weighted by molar-refractivity contribution is -0.112. The highest BCUT2D eigenvalue weighted by Gasteiger charge is 2.32. The van der Waals surface area contributed by atoms with Gasteiger partial charge in [0.2, 0.25) is 0 Å². The van der Waals surface area contributed by atoms with Gasteiger partial charge in [0.05, 0.1) is 17.7 Å². The Morgan fingerprint density at radius 1 is 0.862 bits per heavy atom. The van der Waals surface area contributed by atoms with Crippen LogP contribution >= 0.6 is 0 Å². The minimum atomic E-state index is -0.414. The third-order valence-electron chi connectivity index (χ3n) is 5.03. The summed E-state index contributed by atoms with van der Waals surface area (Å²) < 4.78 is 5.47. The van der Waals surface area contributed by atoms with Crippen molar-refractivity contribution in [1.29, 1.82) is 0 Å². The van der Waals surface area contributed by atoms with Gasteiger partial charge >= 0.3 is 0 Å². The predicted molar refractivity (Wildman–Crippen MR) is 109 cm³/mol. The van der Waals surface area contributed by atoms with Crippen molar-refractivity contribution in [3.05, 3.63) is 94.0 Å². The molecule has 0 unspecified atom stereocenters. The van der Waals surface area contributed by atoms with Crippen molar-refractivity contribution in [2.24, 2.45) is 9.98 Å². The normalized spacial score (nSPS) is 15.6. The maximum absolute atomic E-state index is 13.0. The molecule has 1 heterocycles. The van der Waals surface area contributed by atoms with Crippen molar-refractivity contribution in [3.8, 4) is 5.75 Å². The lowest BCUT2D eigenvalue weighted by atomic mass is 9.82. The van der Waals surface area contributed by atoms with Crippen LogP contribution in [-0.4, -0.2) is 24.0 Å². The Kier molecular flexibility index (Phi) is 3.95. The van der Waals surface area contributed by atoms with Gasteiger partial charge in [0.1, 0.15) is 11.5 Å². The number of nitrogens with zero attached hydrogens (tertiary/aromatic N) is 2. The van der Waals surface area contributed by atoms with Gasteiger partial charge in [-0.3, -0.25) is 9.59 Å². The average Bonchev–Trinajstić information content (AvgIpc) is 2.74. The van der Waals surface area contributed by atoms with Crippen LogP contribution in [-0.2, 0) is 4.79 Å². The Morgan fingerprint density at radius 3 is 2.34 bits per heavy atom. The van der Waals surface area contributed by atoms with E-state index in [1.807, 2.05) is 37.3 Å². The third-order valence-corrected chi connectivity index (χ3v) is 5.03. The second kappa shape index (κ2) is 6.63. The maximum atomic E-state index is 13.0. The van der Waals surface area contributed by atoms with Crippen molar-refractivity contribution >= 4 is 28.7 Å². The zero-order valence-corrected chi connectivity index (χ0v) is 15.7. The van der Waals surface area contributed by atoms with Crippen molar-refractivity contribution in [2.75, 3.05) is 6.61 Å². The Morgan fingerprint density at radius 2 is 1.59 bits per heavy atom. The molecule has 5 rings (SSSR count). The molecule has 1 amide bonds. The van der Waals surface area contributed by atoms with Gasteiger partial charge in [0.25, 0.3) is 5.91 Å². The van der Waals surface area contributed by atoms with E-state index in [1.165, 1.54) is 0 Å². The summed E-state index contributed by atoms with van der Waals surface area (Å²) in [7, 11) is 0. The quantitative estimate of drug-likeness (QED) is 0.702. The fraction of sp³-hybridized carbons (Fsp3) is 0.0833. The third kappa shape index (κ3) is 2.70. The highest BCUT2D eigenvalue weighted by atomic mass is 16.5. The summed E-state index contributed by atoms with van der Waals surface area (Å²) in [6.45, 7) is 2.50. The molecule has 3 aromatic carbocycles. The number of hydrogen-bond donors (Lipinski definition) is 0. The number of carbonyl (C=O) groups excluding carboxylic acids is 2. The Labute approximate surface area is 166 Å². The molecule has 3 aromatic rings. The molecule has 0 radical (unpaired) electrons. The minimum Gasteiger partial charge on any atom is -0.494 e. The van der Waals surface area contributed by atoms with Crippen molar-refractivity contribution in [2.45, 2.75) is 6.92 Å². The monoisotopic (exact) mass is 380 g/mol. The first kappa shape index (κ1) is 17.3. The molecule has 0 atom stereocenters. The van der Waals surface area contributed by atoms with E-state index in [9.17, 15) is 9.59 Å². The maximum Gasteiger partial charge on any atom is 0.296 e. The van der Waals surface area contributed by atoms with Crippen LogP contribution in [0.1, 0.15) is 28.4 Å². The molecule has 0 saturated heterocycles. The van der Waals surface area contributed by atoms with E-state index in [1.54, 1.807) is 36.4 Å². The van der Waals surface area contributed by atoms with Crippen LogP contribution in [0.25, 0.3) is 5.57 Å². The summed E-state index contributed by atoms with van der Waals surface area (Å²) in [6.07, 6.45) is 0. The number of rotatable bonds is 3. The molecular formula is C24H16N2O3. The van der Waals surface area contributed by atoms with E-state index < -0.39 is 5.91 Å². The second-order valence-electron chi connectivity index (χ2n) is 6.75. The number of carbonyl (C=O) groups is 2. The molecule has 0 spiro atoms. The topological polar surface area (TPSA) is 68.1 Å². The van der Waals surface area contributed by atoms with Gasteiger partial charge in [-0.05, 0) is 42.8 Å². The highest BCUT2D eigenvalue weighted by Crippen LogP contribution is 2.28. The Bertz CT molecular complexity index is 1340. The number of benzene rings is 3. The molecule has 1 aliphatic heterocycles. The van der Waals surface area contributed by atoms with Crippen LogP contribution in [0.2, 0.25) is 0 Å². The summed E-state index contributed by atoms with van der Waals surface area (Å²) in [6, 6.07) is 19.8. The van der Waals surface area contributed by atoms with Crippen molar-refractivity contribution in [1.82, 2.24) is 0 Å². The Balaban J connectivity index is 1.79. The standard InChI is InChI=1S/C24H16N2O3/c1-2-29-15-12-10-14(11-13-15)25-22-21-16-6-3-4-7-17(16)23(27)18-8-5-9-19(20(18)21)26-24(22)28/h3-13H,2H2,1H3. The first-order chi connectivity index (χ1) is 14.2. The average molecular weight is 380 g/mol. The van der Waals surface area contributed by atoms with Crippen LogP contribution in [0.5, 0.6) is 5.75 Å². The summed E-state index contributed by atoms with van der Waals surface area (Å²) in [4.78, 5) is 34.7. The fourth-order valence-corrected chi connectivity index (χ4v) is 3.80. The zero-order chi connectivity index (χ0) is 20.0. The van der Waals surface area contributed by atoms with Crippen LogP contribution in [0.15, 0.2) is 76.7 Å². The molecular weight excluding hydrogens is 364 g/mol. The summed E-state index contributed by atoms with van der Waals surface area (Å²) in [5.41, 5.74) is 3.36. The van der Waals surface area contributed by atoms with Gasteiger partial charge in [-0.25, -0.2) is 9.98 Å². The largest absolute Gasteiger partial charge is 0.494 e. The van der Waals surface area contributed by atoms with E-state index in [-0.39, 0.29) is 11.5 Å². The lowest BCUT2D eigenvalue weighted by Crippen LogP contribution is -2.44. The van der Waals surface area contributed by atoms with Crippen LogP contribution in [0.3, 0.4) is 0 Å². The van der Waals surface area contributed by atoms with E-state index >= 15 is 0 Å². The molecule has 2 aliphatic rings. The molecule has 0 aromatic heterocycles. The summed E-state index contributed by atoms with van der Waals surface area (Å²) in [5.74, 6) is 0.263. The lowest BCUT2D eigenvalue weighted by Gasteiger charge is -2.21. The molecule has 140 valence electrons. The number of amides is 1. The molecule has 0 saturated carbocycles. The molecule has 1 aliphatic carbocycles. The smallest absolute Gasteiger partial charge is 0.296 e. The number of fused-ring (bicyclic) bond motifs is 2. The van der Waals surface area contributed by atoms with E-state index in [0.29, 0.717) is 45.1 Å². The van der Waals surface area contributed by atoms with Gasteiger partial charge in [-0.1, -0.05) is 36.4 Å². The number of ketones is 1. The van der Waals surface area contributed by atoms with Gasteiger partial charge in [-0.15, -0.1) is 0 Å². The Hall–Kier alpha value is -3.86. The first-order valence-corrected chi connectivity index (χ1v) is 9.40. The van der Waals surface area contributed by atoms with Gasteiger partial charge in [-0.2, -0.15) is 0 Å². The van der Waals surface area contributed by atoms with Crippen LogP contribution in [0, 0.1) is 0 Å². The van der Waals surface area contributed by atoms with Crippen LogP contribution < -0.4 is 15.3 Å². The van der Waals surface area contributed by atoms with Crippen molar-refractivity contribution in [3.63, 3.8) is 0 Å². The molecule has 0 N–H and O–H groups in total. The molecule has 29 heavy (non-hydrogen) atoms. The minimum absolute atomic E-state index is 0.0637. The van der Waals surface area contributed by atoms with E-state index in [4.69, 9.17) is 4.74 Å². The van der Waals surface area contributed by atoms with E-state index in [2.05, 4.69) is 9.98 Å². The highest BCUT2D eigenvalue weighted by molar-refractivity contribution is 6.57. The number of hydrogen-bond acceptors (Lipinski definition) is 4. The van der Waals surface area contributed by atoms with Gasteiger partial charge < -0.3 is 4.74 Å². The predicted octanol–water partition coefficient (Wildman–Crippen LogP) is 2.76.